The topological polar surface area (TPSA) is 69.6 Å². The SMILES string of the molecule is CC(NC(=O)N(CC(=O)O)C(C)C)c1ccccc1. The van der Waals surface area contributed by atoms with Crippen LogP contribution in [0.2, 0.25) is 0 Å². The molecule has 1 atom stereocenters. The predicted molar refractivity (Wildman–Crippen MR) is 72.9 cm³/mol. The summed E-state index contributed by atoms with van der Waals surface area (Å²) in [5, 5.41) is 11.6. The van der Waals surface area contributed by atoms with Crippen LogP contribution in [0.25, 0.3) is 0 Å². The second kappa shape index (κ2) is 6.78. The first-order valence-electron chi connectivity index (χ1n) is 6.25. The minimum Gasteiger partial charge on any atom is -0.480 e. The number of nitrogens with one attached hydrogen (secondary N) is 1. The fourth-order valence-corrected chi connectivity index (χ4v) is 1.73. The zero-order valence-corrected chi connectivity index (χ0v) is 11.5. The van der Waals surface area contributed by atoms with Crippen LogP contribution < -0.4 is 5.32 Å². The molecular weight excluding hydrogens is 244 g/mol. The Hall–Kier alpha value is -2.04. The fourth-order valence-electron chi connectivity index (χ4n) is 1.73. The zero-order valence-electron chi connectivity index (χ0n) is 11.5. The van der Waals surface area contributed by atoms with Gasteiger partial charge < -0.3 is 15.3 Å². The average molecular weight is 264 g/mol. The molecule has 0 fully saturated rings. The van der Waals surface area contributed by atoms with Crippen LogP contribution >= 0.6 is 0 Å². The molecular formula is C14H20N2O3. The van der Waals surface area contributed by atoms with Crippen molar-refractivity contribution < 1.29 is 14.7 Å². The van der Waals surface area contributed by atoms with E-state index in [-0.39, 0.29) is 24.7 Å². The third kappa shape index (κ3) is 4.62. The van der Waals surface area contributed by atoms with Gasteiger partial charge in [-0.25, -0.2) is 4.79 Å². The molecule has 2 N–H and O–H groups in total. The van der Waals surface area contributed by atoms with Crippen LogP contribution in [0.5, 0.6) is 0 Å². The van der Waals surface area contributed by atoms with Crippen molar-refractivity contribution in [2.45, 2.75) is 32.9 Å². The average Bonchev–Trinajstić information content (AvgIpc) is 2.36. The highest BCUT2D eigenvalue weighted by atomic mass is 16.4. The summed E-state index contributed by atoms with van der Waals surface area (Å²) in [6.07, 6.45) is 0. The number of amides is 2. The second-order valence-corrected chi connectivity index (χ2v) is 4.70. The van der Waals surface area contributed by atoms with E-state index in [1.807, 2.05) is 37.3 Å². The number of hydrogen-bond acceptors (Lipinski definition) is 2. The molecule has 0 aliphatic heterocycles. The number of nitrogens with zero attached hydrogens (tertiary/aromatic N) is 1. The zero-order chi connectivity index (χ0) is 14.4. The maximum Gasteiger partial charge on any atom is 0.323 e. The number of carboxylic acid groups (broad SMARTS) is 1. The molecule has 104 valence electrons. The molecule has 0 saturated heterocycles. The van der Waals surface area contributed by atoms with Crippen molar-refractivity contribution in [2.75, 3.05) is 6.54 Å². The second-order valence-electron chi connectivity index (χ2n) is 4.70. The van der Waals surface area contributed by atoms with E-state index >= 15 is 0 Å². The summed E-state index contributed by atoms with van der Waals surface area (Å²) in [4.78, 5) is 24.1. The molecule has 0 bridgehead atoms. The van der Waals surface area contributed by atoms with Gasteiger partial charge in [-0.05, 0) is 26.3 Å². The Bertz CT molecular complexity index is 432. The number of carbonyl (C=O) groups is 2. The number of benzene rings is 1. The van der Waals surface area contributed by atoms with E-state index in [2.05, 4.69) is 5.32 Å². The molecule has 0 saturated carbocycles. The smallest absolute Gasteiger partial charge is 0.323 e. The van der Waals surface area contributed by atoms with Gasteiger partial charge in [-0.15, -0.1) is 0 Å². The summed E-state index contributed by atoms with van der Waals surface area (Å²) in [5.41, 5.74) is 0.981. The highest BCUT2D eigenvalue weighted by Crippen LogP contribution is 2.12. The van der Waals surface area contributed by atoms with Crippen LogP contribution in [-0.4, -0.2) is 34.6 Å². The molecule has 19 heavy (non-hydrogen) atoms. The number of aliphatic carboxylic acids is 1. The van der Waals surface area contributed by atoms with Crippen LogP contribution in [0.4, 0.5) is 4.79 Å². The Morgan fingerprint density at radius 3 is 2.26 bits per heavy atom. The van der Waals surface area contributed by atoms with Gasteiger partial charge in [-0.2, -0.15) is 0 Å². The van der Waals surface area contributed by atoms with Crippen LogP contribution in [-0.2, 0) is 4.79 Å². The number of rotatable bonds is 5. The third-order valence-electron chi connectivity index (χ3n) is 2.83. The van der Waals surface area contributed by atoms with E-state index in [0.717, 1.165) is 5.56 Å². The Balaban J connectivity index is 2.69. The molecule has 1 rings (SSSR count). The lowest BCUT2D eigenvalue weighted by atomic mass is 10.1. The number of carbonyl (C=O) groups excluding carboxylic acids is 1. The van der Waals surface area contributed by atoms with Crippen molar-refractivity contribution in [3.63, 3.8) is 0 Å². The third-order valence-corrected chi connectivity index (χ3v) is 2.83. The van der Waals surface area contributed by atoms with Crippen molar-refractivity contribution in [3.05, 3.63) is 35.9 Å². The van der Waals surface area contributed by atoms with Gasteiger partial charge >= 0.3 is 12.0 Å². The summed E-state index contributed by atoms with van der Waals surface area (Å²) < 4.78 is 0. The molecule has 0 aliphatic carbocycles. The molecule has 2 amide bonds. The van der Waals surface area contributed by atoms with Gasteiger partial charge in [0.25, 0.3) is 0 Å². The monoisotopic (exact) mass is 264 g/mol. The molecule has 0 spiro atoms. The van der Waals surface area contributed by atoms with Crippen LogP contribution in [0.15, 0.2) is 30.3 Å². The molecule has 1 unspecified atom stereocenters. The van der Waals surface area contributed by atoms with Gasteiger partial charge in [0.05, 0.1) is 6.04 Å². The molecule has 0 heterocycles. The van der Waals surface area contributed by atoms with E-state index in [1.54, 1.807) is 13.8 Å². The number of urea groups is 1. The molecule has 5 nitrogen and oxygen atoms in total. The lowest BCUT2D eigenvalue weighted by Gasteiger charge is -2.27. The Kier molecular flexibility index (Phi) is 5.36. The van der Waals surface area contributed by atoms with E-state index in [4.69, 9.17) is 5.11 Å². The lowest BCUT2D eigenvalue weighted by Crippen LogP contribution is -2.47. The summed E-state index contributed by atoms with van der Waals surface area (Å²) in [5.74, 6) is -1.02. The quantitative estimate of drug-likeness (QED) is 0.857. The summed E-state index contributed by atoms with van der Waals surface area (Å²) in [7, 11) is 0. The maximum atomic E-state index is 12.1. The Labute approximate surface area is 113 Å². The van der Waals surface area contributed by atoms with Crippen molar-refractivity contribution in [1.29, 1.82) is 0 Å². The van der Waals surface area contributed by atoms with Crippen LogP contribution in [0, 0.1) is 0 Å². The number of hydrogen-bond donors (Lipinski definition) is 2. The molecule has 0 aromatic heterocycles. The minimum atomic E-state index is -1.02. The molecule has 0 aliphatic rings. The van der Waals surface area contributed by atoms with E-state index in [9.17, 15) is 9.59 Å². The minimum absolute atomic E-state index is 0.163. The highest BCUT2D eigenvalue weighted by molar-refractivity contribution is 5.80. The summed E-state index contributed by atoms with van der Waals surface area (Å²) in [6.45, 7) is 5.14. The lowest BCUT2D eigenvalue weighted by molar-refractivity contribution is -0.138. The summed E-state index contributed by atoms with van der Waals surface area (Å²) >= 11 is 0. The van der Waals surface area contributed by atoms with Crippen LogP contribution in [0.1, 0.15) is 32.4 Å². The largest absolute Gasteiger partial charge is 0.480 e. The van der Waals surface area contributed by atoms with E-state index in [1.165, 1.54) is 4.90 Å². The molecule has 0 radical (unpaired) electrons. The summed E-state index contributed by atoms with van der Waals surface area (Å²) in [6, 6.07) is 8.84. The van der Waals surface area contributed by atoms with Gasteiger partial charge in [-0.3, -0.25) is 4.79 Å². The first kappa shape index (κ1) is 15.0. The Morgan fingerprint density at radius 1 is 1.21 bits per heavy atom. The van der Waals surface area contributed by atoms with Gasteiger partial charge in [-0.1, -0.05) is 30.3 Å². The fraction of sp³-hybridized carbons (Fsp3) is 0.429. The molecule has 1 aromatic rings. The first-order chi connectivity index (χ1) is 8.91. The van der Waals surface area contributed by atoms with Crippen molar-refractivity contribution in [1.82, 2.24) is 10.2 Å². The maximum absolute atomic E-state index is 12.1. The normalized spacial score (nSPS) is 12.0. The van der Waals surface area contributed by atoms with Gasteiger partial charge in [0.2, 0.25) is 0 Å². The predicted octanol–water partition coefficient (Wildman–Crippen LogP) is 2.25. The van der Waals surface area contributed by atoms with Crippen molar-refractivity contribution >= 4 is 12.0 Å². The van der Waals surface area contributed by atoms with Gasteiger partial charge in [0.1, 0.15) is 6.54 Å². The van der Waals surface area contributed by atoms with Gasteiger partial charge in [0, 0.05) is 6.04 Å². The van der Waals surface area contributed by atoms with E-state index in [0.29, 0.717) is 0 Å². The number of carboxylic acids is 1. The molecule has 1 aromatic carbocycles. The van der Waals surface area contributed by atoms with Crippen molar-refractivity contribution in [3.8, 4) is 0 Å². The van der Waals surface area contributed by atoms with Gasteiger partial charge in [0.15, 0.2) is 0 Å². The highest BCUT2D eigenvalue weighted by Gasteiger charge is 2.21. The Morgan fingerprint density at radius 2 is 1.79 bits per heavy atom. The standard InChI is InChI=1S/C14H20N2O3/c1-10(2)16(9-13(17)18)14(19)15-11(3)12-7-5-4-6-8-12/h4-8,10-11H,9H2,1-3H3,(H,15,19)(H,17,18). The van der Waals surface area contributed by atoms with Crippen LogP contribution in [0.3, 0.4) is 0 Å². The van der Waals surface area contributed by atoms with E-state index < -0.39 is 5.97 Å². The molecule has 5 heteroatoms. The first-order valence-corrected chi connectivity index (χ1v) is 6.25. The van der Waals surface area contributed by atoms with Crippen molar-refractivity contribution in [2.24, 2.45) is 0 Å².